The van der Waals surface area contributed by atoms with Gasteiger partial charge < -0.3 is 19.4 Å². The number of hydrogen-bond acceptors (Lipinski definition) is 5. The lowest BCUT2D eigenvalue weighted by Gasteiger charge is -2.23. The zero-order valence-corrected chi connectivity index (χ0v) is 14.2. The molecule has 3 rings (SSSR count). The predicted octanol–water partition coefficient (Wildman–Crippen LogP) is 2.97. The van der Waals surface area contributed by atoms with Crippen LogP contribution in [-0.4, -0.2) is 31.1 Å². The van der Waals surface area contributed by atoms with Crippen molar-refractivity contribution in [2.75, 3.05) is 19.1 Å². The Morgan fingerprint density at radius 1 is 1.04 bits per heavy atom. The molecule has 0 fully saturated rings. The number of allylic oxidation sites excluding steroid dienone is 2. The highest BCUT2D eigenvalue weighted by atomic mass is 16.5. The Balaban J connectivity index is 2.18. The highest BCUT2D eigenvalue weighted by Gasteiger charge is 2.27. The Hall–Kier alpha value is -3.28. The first-order valence-electron chi connectivity index (χ1n) is 7.69. The Morgan fingerprint density at radius 2 is 1.80 bits per heavy atom. The summed E-state index contributed by atoms with van der Waals surface area (Å²) in [5, 5.41) is 1.00. The zero-order valence-electron chi connectivity index (χ0n) is 14.2. The predicted molar refractivity (Wildman–Crippen MR) is 94.9 cm³/mol. The molecule has 0 spiro atoms. The molecule has 0 amide bonds. The van der Waals surface area contributed by atoms with Crippen LogP contribution in [0, 0.1) is 6.92 Å². The summed E-state index contributed by atoms with van der Waals surface area (Å²) in [5.74, 6) is -1.23. The molecule has 1 aromatic carbocycles. The number of nitrogens with zero attached hydrogens (tertiary/aromatic N) is 1. The fourth-order valence-electron chi connectivity index (χ4n) is 2.78. The van der Waals surface area contributed by atoms with Crippen LogP contribution >= 0.6 is 0 Å². The van der Waals surface area contributed by atoms with Crippen molar-refractivity contribution in [3.63, 3.8) is 0 Å². The first kappa shape index (κ1) is 16.6. The fraction of sp³-hybridized carbons (Fsp3) is 0.158. The van der Waals surface area contributed by atoms with Gasteiger partial charge in [-0.2, -0.15) is 0 Å². The molecule has 2 heterocycles. The summed E-state index contributed by atoms with van der Waals surface area (Å²) < 4.78 is 9.71. The molecule has 25 heavy (non-hydrogen) atoms. The summed E-state index contributed by atoms with van der Waals surface area (Å²) in [4.78, 5) is 29.4. The van der Waals surface area contributed by atoms with Gasteiger partial charge in [-0.3, -0.25) is 0 Å². The van der Waals surface area contributed by atoms with Gasteiger partial charge >= 0.3 is 11.9 Å². The summed E-state index contributed by atoms with van der Waals surface area (Å²) in [7, 11) is 2.55. The van der Waals surface area contributed by atoms with Crippen LogP contribution in [0.3, 0.4) is 0 Å². The van der Waals surface area contributed by atoms with Gasteiger partial charge in [-0.1, -0.05) is 6.08 Å². The van der Waals surface area contributed by atoms with E-state index >= 15 is 0 Å². The molecule has 1 N–H and O–H groups in total. The number of ether oxygens (including phenoxy) is 2. The normalized spacial score (nSPS) is 14.0. The van der Waals surface area contributed by atoms with Crippen molar-refractivity contribution in [1.29, 1.82) is 0 Å². The number of aryl methyl sites for hydroxylation is 1. The van der Waals surface area contributed by atoms with E-state index in [0.717, 1.165) is 22.3 Å². The number of nitrogens with one attached hydrogen (secondary N) is 1. The topological polar surface area (TPSA) is 71.6 Å². The number of anilines is 1. The molecule has 0 radical (unpaired) electrons. The number of esters is 2. The van der Waals surface area contributed by atoms with E-state index in [2.05, 4.69) is 4.98 Å². The van der Waals surface area contributed by atoms with Gasteiger partial charge in [0.2, 0.25) is 0 Å². The van der Waals surface area contributed by atoms with E-state index in [1.54, 1.807) is 23.3 Å². The first-order valence-corrected chi connectivity index (χ1v) is 7.69. The van der Waals surface area contributed by atoms with Gasteiger partial charge in [0.25, 0.3) is 0 Å². The van der Waals surface area contributed by atoms with Gasteiger partial charge in [0.15, 0.2) is 0 Å². The van der Waals surface area contributed by atoms with E-state index in [-0.39, 0.29) is 11.3 Å². The highest BCUT2D eigenvalue weighted by molar-refractivity contribution is 6.05. The van der Waals surface area contributed by atoms with Crippen LogP contribution in [0.15, 0.2) is 60.0 Å². The summed E-state index contributed by atoms with van der Waals surface area (Å²) >= 11 is 0. The minimum Gasteiger partial charge on any atom is -0.465 e. The SMILES string of the molecule is COC(=O)C1=C(C(=O)OC)N(c2ccc3[nH]c(C)cc3c2)C=CC=C1. The summed E-state index contributed by atoms with van der Waals surface area (Å²) in [6.45, 7) is 1.98. The number of methoxy groups -OCH3 is 2. The van der Waals surface area contributed by atoms with E-state index < -0.39 is 11.9 Å². The monoisotopic (exact) mass is 338 g/mol. The zero-order chi connectivity index (χ0) is 18.0. The van der Waals surface area contributed by atoms with Crippen LogP contribution in [0.2, 0.25) is 0 Å². The summed E-state index contributed by atoms with van der Waals surface area (Å²) in [6, 6.07) is 7.75. The summed E-state index contributed by atoms with van der Waals surface area (Å²) in [6.07, 6.45) is 6.66. The Labute approximate surface area is 145 Å². The lowest BCUT2D eigenvalue weighted by atomic mass is 10.1. The molecule has 2 aromatic rings. The van der Waals surface area contributed by atoms with Crippen molar-refractivity contribution in [2.24, 2.45) is 0 Å². The molecule has 0 aliphatic carbocycles. The minimum absolute atomic E-state index is 0.103. The molecule has 0 bridgehead atoms. The quantitative estimate of drug-likeness (QED) is 0.871. The Kier molecular flexibility index (Phi) is 4.43. The molecule has 128 valence electrons. The first-order chi connectivity index (χ1) is 12.0. The number of benzene rings is 1. The number of carbonyl (C=O) groups is 2. The van der Waals surface area contributed by atoms with Crippen LogP contribution in [0.5, 0.6) is 0 Å². The average molecular weight is 338 g/mol. The molecular formula is C19H18N2O4. The van der Waals surface area contributed by atoms with E-state index in [0.29, 0.717) is 0 Å². The molecule has 1 aliphatic heterocycles. The van der Waals surface area contributed by atoms with Crippen LogP contribution < -0.4 is 4.90 Å². The minimum atomic E-state index is -0.623. The number of hydrogen-bond donors (Lipinski definition) is 1. The molecule has 1 aliphatic rings. The summed E-state index contributed by atoms with van der Waals surface area (Å²) in [5.41, 5.74) is 3.00. The highest BCUT2D eigenvalue weighted by Crippen LogP contribution is 2.29. The molecule has 0 atom stereocenters. The largest absolute Gasteiger partial charge is 0.465 e. The second-order valence-corrected chi connectivity index (χ2v) is 5.54. The molecule has 0 saturated carbocycles. The molecule has 1 aromatic heterocycles. The number of carbonyl (C=O) groups excluding carboxylic acids is 2. The van der Waals surface area contributed by atoms with Crippen molar-refractivity contribution in [2.45, 2.75) is 6.92 Å². The van der Waals surface area contributed by atoms with Crippen molar-refractivity contribution in [3.8, 4) is 0 Å². The van der Waals surface area contributed by atoms with E-state index in [9.17, 15) is 9.59 Å². The van der Waals surface area contributed by atoms with Gasteiger partial charge in [-0.15, -0.1) is 0 Å². The molecule has 0 unspecified atom stereocenters. The lowest BCUT2D eigenvalue weighted by Crippen LogP contribution is -2.26. The van der Waals surface area contributed by atoms with E-state index in [4.69, 9.17) is 9.47 Å². The van der Waals surface area contributed by atoms with Crippen molar-refractivity contribution in [3.05, 3.63) is 65.7 Å². The van der Waals surface area contributed by atoms with Gasteiger partial charge in [-0.25, -0.2) is 9.59 Å². The van der Waals surface area contributed by atoms with Crippen molar-refractivity contribution in [1.82, 2.24) is 4.98 Å². The number of fused-ring (bicyclic) bond motifs is 1. The Morgan fingerprint density at radius 3 is 2.52 bits per heavy atom. The second kappa shape index (κ2) is 6.68. The fourth-order valence-corrected chi connectivity index (χ4v) is 2.78. The number of rotatable bonds is 3. The van der Waals surface area contributed by atoms with Gasteiger partial charge in [0, 0.05) is 28.5 Å². The molecule has 0 saturated heterocycles. The van der Waals surface area contributed by atoms with Crippen LogP contribution in [0.1, 0.15) is 5.69 Å². The second-order valence-electron chi connectivity index (χ2n) is 5.54. The van der Waals surface area contributed by atoms with Crippen molar-refractivity contribution >= 4 is 28.5 Å². The molecular weight excluding hydrogens is 320 g/mol. The average Bonchev–Trinajstić information content (AvgIpc) is 2.85. The molecule has 6 nitrogen and oxygen atoms in total. The number of H-pyrrole nitrogens is 1. The van der Waals surface area contributed by atoms with E-state index in [1.807, 2.05) is 31.2 Å². The maximum absolute atomic E-state index is 12.4. The maximum atomic E-state index is 12.4. The van der Waals surface area contributed by atoms with Gasteiger partial charge in [0.1, 0.15) is 5.70 Å². The molecule has 6 heteroatoms. The van der Waals surface area contributed by atoms with Crippen LogP contribution in [0.25, 0.3) is 10.9 Å². The third kappa shape index (κ3) is 3.06. The number of aromatic amines is 1. The number of aromatic nitrogens is 1. The standard InChI is InChI=1S/C19H18N2O4/c1-12-10-13-11-14(7-8-16(13)20-12)21-9-5-4-6-15(18(22)24-2)17(21)19(23)25-3/h4-11,20H,1-3H3. The van der Waals surface area contributed by atoms with Crippen molar-refractivity contribution < 1.29 is 19.1 Å². The third-order valence-electron chi connectivity index (χ3n) is 3.91. The van der Waals surface area contributed by atoms with Crippen LogP contribution in [0.4, 0.5) is 5.69 Å². The van der Waals surface area contributed by atoms with E-state index in [1.165, 1.54) is 20.3 Å². The van der Waals surface area contributed by atoms with Crippen LogP contribution in [-0.2, 0) is 19.1 Å². The lowest BCUT2D eigenvalue weighted by molar-refractivity contribution is -0.139. The van der Waals surface area contributed by atoms with Gasteiger partial charge in [-0.05, 0) is 43.3 Å². The maximum Gasteiger partial charge on any atom is 0.355 e. The van der Waals surface area contributed by atoms with Gasteiger partial charge in [0.05, 0.1) is 19.8 Å². The Bertz CT molecular complexity index is 934. The smallest absolute Gasteiger partial charge is 0.355 e. The third-order valence-corrected chi connectivity index (χ3v) is 3.91.